The first-order chi connectivity index (χ1) is 14.8. The molecule has 6 nitrogen and oxygen atoms in total. The quantitative estimate of drug-likeness (QED) is 0.432. The van der Waals surface area contributed by atoms with Crippen molar-refractivity contribution in [1.82, 2.24) is 0 Å². The highest BCUT2D eigenvalue weighted by Crippen LogP contribution is 2.28. The molecular formula is C24H26N2O4S. The molecule has 0 saturated carbocycles. The fraction of sp³-hybridized carbons (Fsp3) is 0.292. The Morgan fingerprint density at radius 3 is 2.29 bits per heavy atom. The molecule has 1 aliphatic rings. The summed E-state index contributed by atoms with van der Waals surface area (Å²) in [7, 11) is 0. The van der Waals surface area contributed by atoms with E-state index in [1.165, 1.54) is 11.8 Å². The zero-order valence-electron chi connectivity index (χ0n) is 17.6. The van der Waals surface area contributed by atoms with E-state index in [1.807, 2.05) is 50.3 Å². The van der Waals surface area contributed by atoms with Crippen LogP contribution in [0.25, 0.3) is 0 Å². The van der Waals surface area contributed by atoms with E-state index >= 15 is 0 Å². The Balaban J connectivity index is 1.59. The number of thioether (sulfide) groups is 1. The second-order valence-electron chi connectivity index (χ2n) is 7.61. The van der Waals surface area contributed by atoms with Gasteiger partial charge in [-0.1, -0.05) is 36.4 Å². The molecule has 0 heterocycles. The predicted molar refractivity (Wildman–Crippen MR) is 123 cm³/mol. The number of hydrogen-bond donors (Lipinski definition) is 3. The van der Waals surface area contributed by atoms with E-state index in [-0.39, 0.29) is 17.6 Å². The average Bonchev–Trinajstić information content (AvgIpc) is 2.75. The third kappa shape index (κ3) is 5.98. The van der Waals surface area contributed by atoms with Crippen LogP contribution in [0.5, 0.6) is 0 Å². The van der Waals surface area contributed by atoms with Crippen molar-refractivity contribution in [3.63, 3.8) is 0 Å². The summed E-state index contributed by atoms with van der Waals surface area (Å²) in [6.07, 6.45) is 4.43. The summed E-state index contributed by atoms with van der Waals surface area (Å²) >= 11 is 1.37. The minimum absolute atomic E-state index is 0.102. The van der Waals surface area contributed by atoms with Gasteiger partial charge in [0, 0.05) is 16.3 Å². The van der Waals surface area contributed by atoms with Crippen LogP contribution in [0.3, 0.4) is 0 Å². The van der Waals surface area contributed by atoms with Crippen molar-refractivity contribution < 1.29 is 19.5 Å². The lowest BCUT2D eigenvalue weighted by molar-refractivity contribution is -0.146. The van der Waals surface area contributed by atoms with Crippen LogP contribution < -0.4 is 10.6 Å². The Morgan fingerprint density at radius 2 is 1.61 bits per heavy atom. The van der Waals surface area contributed by atoms with Crippen molar-refractivity contribution in [3.05, 3.63) is 65.7 Å². The molecule has 1 aliphatic carbocycles. The van der Waals surface area contributed by atoms with Crippen LogP contribution in [-0.2, 0) is 14.4 Å². The molecule has 31 heavy (non-hydrogen) atoms. The number of allylic oxidation sites excluding steroid dienone is 2. The van der Waals surface area contributed by atoms with E-state index in [0.29, 0.717) is 18.5 Å². The summed E-state index contributed by atoms with van der Waals surface area (Å²) in [6, 6.07) is 13.1. The van der Waals surface area contributed by atoms with Crippen LogP contribution in [0, 0.1) is 25.7 Å². The van der Waals surface area contributed by atoms with Crippen LogP contribution in [0.1, 0.15) is 24.0 Å². The highest BCUT2D eigenvalue weighted by atomic mass is 32.2. The lowest BCUT2D eigenvalue weighted by Crippen LogP contribution is -2.34. The van der Waals surface area contributed by atoms with Gasteiger partial charge >= 0.3 is 5.97 Å². The first-order valence-electron chi connectivity index (χ1n) is 10.1. The molecule has 3 N–H and O–H groups in total. The first kappa shape index (κ1) is 22.6. The lowest BCUT2D eigenvalue weighted by Gasteiger charge is -2.24. The predicted octanol–water partition coefficient (Wildman–Crippen LogP) is 4.64. The summed E-state index contributed by atoms with van der Waals surface area (Å²) in [5.74, 6) is -2.43. The summed E-state index contributed by atoms with van der Waals surface area (Å²) in [5, 5.41) is 15.2. The average molecular weight is 439 g/mol. The lowest BCUT2D eigenvalue weighted by atomic mass is 9.82. The number of nitrogens with one attached hydrogen (secondary N) is 2. The molecule has 0 bridgehead atoms. The molecule has 0 radical (unpaired) electrons. The number of amides is 2. The number of hydrogen-bond acceptors (Lipinski definition) is 4. The molecule has 2 amide bonds. The molecule has 162 valence electrons. The third-order valence-corrected chi connectivity index (χ3v) is 6.30. The number of carboxylic acid groups (broad SMARTS) is 1. The Bertz CT molecular complexity index is 998. The van der Waals surface area contributed by atoms with Gasteiger partial charge in [-0.15, -0.1) is 11.8 Å². The fourth-order valence-electron chi connectivity index (χ4n) is 3.61. The highest BCUT2D eigenvalue weighted by Gasteiger charge is 2.33. The van der Waals surface area contributed by atoms with Gasteiger partial charge in [-0.2, -0.15) is 0 Å². The smallest absolute Gasteiger partial charge is 0.307 e. The standard InChI is InChI=1S/C24H26N2O4S/c1-15-7-5-8-16(2)22(15)26-21(27)14-31-18-10-6-9-17(13-18)25-23(28)19-11-3-4-12-20(19)24(29)30/h3-10,13,19-20H,11-12,14H2,1-2H3,(H,25,28)(H,26,27)(H,29,30). The number of para-hydroxylation sites is 1. The Morgan fingerprint density at radius 1 is 0.968 bits per heavy atom. The van der Waals surface area contributed by atoms with Gasteiger partial charge < -0.3 is 15.7 Å². The number of aliphatic carboxylic acids is 1. The minimum Gasteiger partial charge on any atom is -0.481 e. The maximum atomic E-state index is 12.6. The Labute approximate surface area is 186 Å². The van der Waals surface area contributed by atoms with E-state index in [2.05, 4.69) is 10.6 Å². The van der Waals surface area contributed by atoms with Crippen molar-refractivity contribution in [3.8, 4) is 0 Å². The zero-order valence-corrected chi connectivity index (χ0v) is 18.4. The molecule has 0 saturated heterocycles. The zero-order chi connectivity index (χ0) is 22.4. The first-order valence-corrected chi connectivity index (χ1v) is 11.1. The molecule has 2 aromatic carbocycles. The van der Waals surface area contributed by atoms with E-state index in [1.54, 1.807) is 18.2 Å². The highest BCUT2D eigenvalue weighted by molar-refractivity contribution is 8.00. The van der Waals surface area contributed by atoms with Crippen LogP contribution >= 0.6 is 11.8 Å². The van der Waals surface area contributed by atoms with Gasteiger partial charge in [0.15, 0.2) is 0 Å². The largest absolute Gasteiger partial charge is 0.481 e. The number of anilines is 2. The SMILES string of the molecule is Cc1cccc(C)c1NC(=O)CSc1cccc(NC(=O)C2CC=CCC2C(=O)O)c1. The van der Waals surface area contributed by atoms with Crippen molar-refractivity contribution in [2.24, 2.45) is 11.8 Å². The molecule has 0 fully saturated rings. The molecule has 2 atom stereocenters. The topological polar surface area (TPSA) is 95.5 Å². The van der Waals surface area contributed by atoms with Crippen molar-refractivity contribution in [2.75, 3.05) is 16.4 Å². The van der Waals surface area contributed by atoms with Gasteiger partial charge in [-0.25, -0.2) is 0 Å². The normalized spacial score (nSPS) is 17.7. The summed E-state index contributed by atoms with van der Waals surface area (Å²) < 4.78 is 0. The number of carboxylic acids is 1. The molecule has 7 heteroatoms. The maximum Gasteiger partial charge on any atom is 0.307 e. The maximum absolute atomic E-state index is 12.6. The van der Waals surface area contributed by atoms with Gasteiger partial charge in [-0.3, -0.25) is 14.4 Å². The van der Waals surface area contributed by atoms with Gasteiger partial charge in [0.2, 0.25) is 11.8 Å². The summed E-state index contributed by atoms with van der Waals surface area (Å²) in [4.78, 5) is 37.3. The van der Waals surface area contributed by atoms with Crippen molar-refractivity contribution in [2.45, 2.75) is 31.6 Å². The van der Waals surface area contributed by atoms with E-state index < -0.39 is 17.8 Å². The molecule has 0 aliphatic heterocycles. The van der Waals surface area contributed by atoms with Gasteiger partial charge in [0.25, 0.3) is 0 Å². The fourth-order valence-corrected chi connectivity index (χ4v) is 4.37. The van der Waals surface area contributed by atoms with E-state index in [9.17, 15) is 19.5 Å². The summed E-state index contributed by atoms with van der Waals surface area (Å²) in [6.45, 7) is 3.91. The second kappa shape index (κ2) is 10.3. The van der Waals surface area contributed by atoms with Crippen molar-refractivity contribution >= 4 is 40.9 Å². The van der Waals surface area contributed by atoms with Crippen LogP contribution in [0.2, 0.25) is 0 Å². The van der Waals surface area contributed by atoms with Crippen molar-refractivity contribution in [1.29, 1.82) is 0 Å². The molecule has 2 aromatic rings. The number of carbonyl (C=O) groups is 3. The number of rotatable bonds is 7. The molecule has 2 unspecified atom stereocenters. The van der Waals surface area contributed by atoms with Gasteiger partial charge in [-0.05, 0) is 56.0 Å². The van der Waals surface area contributed by atoms with E-state index in [4.69, 9.17) is 0 Å². The Hall–Kier alpha value is -3.06. The Kier molecular flexibility index (Phi) is 7.52. The van der Waals surface area contributed by atoms with Crippen LogP contribution in [0.4, 0.5) is 11.4 Å². The second-order valence-corrected chi connectivity index (χ2v) is 8.66. The van der Waals surface area contributed by atoms with Gasteiger partial charge in [0.05, 0.1) is 17.6 Å². The summed E-state index contributed by atoms with van der Waals surface area (Å²) in [5.41, 5.74) is 3.45. The monoisotopic (exact) mass is 438 g/mol. The third-order valence-electron chi connectivity index (χ3n) is 5.30. The molecule has 3 rings (SSSR count). The van der Waals surface area contributed by atoms with Crippen LogP contribution in [-0.4, -0.2) is 28.6 Å². The molecule has 0 spiro atoms. The number of benzene rings is 2. The van der Waals surface area contributed by atoms with Crippen LogP contribution in [0.15, 0.2) is 59.5 Å². The molecular weight excluding hydrogens is 412 g/mol. The minimum atomic E-state index is -0.955. The van der Waals surface area contributed by atoms with Gasteiger partial charge in [0.1, 0.15) is 0 Å². The number of carbonyl (C=O) groups excluding carboxylic acids is 2. The number of aryl methyl sites for hydroxylation is 2. The molecule has 0 aromatic heterocycles. The van der Waals surface area contributed by atoms with E-state index in [0.717, 1.165) is 21.7 Å².